The van der Waals surface area contributed by atoms with Gasteiger partial charge in [0.25, 0.3) is 0 Å². The Kier molecular flexibility index (Phi) is 7.90. The minimum Gasteiger partial charge on any atom is -0.469 e. The van der Waals surface area contributed by atoms with Crippen molar-refractivity contribution in [3.8, 4) is 0 Å². The van der Waals surface area contributed by atoms with Gasteiger partial charge in [0.15, 0.2) is 0 Å². The fourth-order valence-electron chi connectivity index (χ4n) is 2.64. The molecule has 1 aromatic rings. The molecule has 0 aliphatic carbocycles. The van der Waals surface area contributed by atoms with Gasteiger partial charge in [-0.2, -0.15) is 0 Å². The lowest BCUT2D eigenvalue weighted by Gasteiger charge is -2.31. The van der Waals surface area contributed by atoms with E-state index in [1.54, 1.807) is 0 Å². The summed E-state index contributed by atoms with van der Waals surface area (Å²) in [6, 6.07) is 6.02. The van der Waals surface area contributed by atoms with Gasteiger partial charge < -0.3 is 19.9 Å². The van der Waals surface area contributed by atoms with Crippen molar-refractivity contribution in [2.45, 2.75) is 71.6 Å². The highest BCUT2D eigenvalue weighted by atomic mass is 16.5. The van der Waals surface area contributed by atoms with Crippen LogP contribution < -0.4 is 5.32 Å². The number of methoxy groups -OCH3 is 1. The Labute approximate surface area is 151 Å². The van der Waals surface area contributed by atoms with E-state index in [1.807, 2.05) is 32.9 Å². The number of rotatable bonds is 10. The number of aryl methyl sites for hydroxylation is 1. The van der Waals surface area contributed by atoms with Crippen LogP contribution in [0.15, 0.2) is 18.2 Å². The molecule has 0 atom stereocenters. The van der Waals surface area contributed by atoms with Crippen molar-refractivity contribution < 1.29 is 19.4 Å². The van der Waals surface area contributed by atoms with Gasteiger partial charge in [0.05, 0.1) is 19.3 Å². The minimum absolute atomic E-state index is 0.0360. The number of nitrogens with one attached hydrogen (secondary N) is 1. The Morgan fingerprint density at radius 2 is 1.84 bits per heavy atom. The van der Waals surface area contributed by atoms with Gasteiger partial charge in [-0.3, -0.25) is 4.79 Å². The van der Waals surface area contributed by atoms with Crippen molar-refractivity contribution in [2.75, 3.05) is 19.0 Å². The average molecular weight is 351 g/mol. The Hall–Kier alpha value is -1.59. The normalized spacial score (nSPS) is 12.1. The molecule has 5 heteroatoms. The van der Waals surface area contributed by atoms with Crippen molar-refractivity contribution in [2.24, 2.45) is 0 Å². The summed E-state index contributed by atoms with van der Waals surface area (Å²) >= 11 is 0. The molecule has 0 aliphatic rings. The van der Waals surface area contributed by atoms with Crippen LogP contribution in [0.4, 0.5) is 5.69 Å². The SMILES string of the molecule is COC(=O)CCC(C)(C)OCCC(C)(C)Nc1cc(C)cc(CO)c1. The third-order valence-corrected chi connectivity index (χ3v) is 4.18. The Morgan fingerprint density at radius 1 is 1.16 bits per heavy atom. The van der Waals surface area contributed by atoms with Crippen LogP contribution in [0.2, 0.25) is 0 Å². The van der Waals surface area contributed by atoms with Crippen LogP contribution in [0.3, 0.4) is 0 Å². The average Bonchev–Trinajstić information content (AvgIpc) is 2.51. The molecule has 25 heavy (non-hydrogen) atoms. The van der Waals surface area contributed by atoms with Crippen LogP contribution in [-0.4, -0.2) is 35.9 Å². The molecule has 0 saturated heterocycles. The molecule has 0 saturated carbocycles. The van der Waals surface area contributed by atoms with E-state index in [0.717, 1.165) is 23.2 Å². The largest absolute Gasteiger partial charge is 0.469 e. The summed E-state index contributed by atoms with van der Waals surface area (Å²) in [5.41, 5.74) is 2.50. The number of aliphatic hydroxyl groups is 1. The quantitative estimate of drug-likeness (QED) is 0.627. The van der Waals surface area contributed by atoms with E-state index in [0.29, 0.717) is 19.4 Å². The van der Waals surface area contributed by atoms with Crippen molar-refractivity contribution in [3.05, 3.63) is 29.3 Å². The second kappa shape index (κ2) is 9.20. The van der Waals surface area contributed by atoms with Crippen LogP contribution >= 0.6 is 0 Å². The van der Waals surface area contributed by atoms with Gasteiger partial charge in [0.1, 0.15) is 0 Å². The summed E-state index contributed by atoms with van der Waals surface area (Å²) in [4.78, 5) is 11.3. The van der Waals surface area contributed by atoms with Crippen molar-refractivity contribution in [3.63, 3.8) is 0 Å². The molecule has 0 aromatic heterocycles. The summed E-state index contributed by atoms with van der Waals surface area (Å²) in [6.07, 6.45) is 1.81. The molecule has 0 radical (unpaired) electrons. The molecule has 0 unspecified atom stereocenters. The van der Waals surface area contributed by atoms with Gasteiger partial charge >= 0.3 is 5.97 Å². The number of esters is 1. The van der Waals surface area contributed by atoms with Crippen LogP contribution in [-0.2, 0) is 20.9 Å². The predicted molar refractivity (Wildman–Crippen MR) is 101 cm³/mol. The molecule has 0 heterocycles. The van der Waals surface area contributed by atoms with E-state index >= 15 is 0 Å². The van der Waals surface area contributed by atoms with E-state index < -0.39 is 0 Å². The first-order valence-electron chi connectivity index (χ1n) is 8.77. The molecular formula is C20H33NO4. The van der Waals surface area contributed by atoms with Crippen LogP contribution in [0.25, 0.3) is 0 Å². The van der Waals surface area contributed by atoms with Gasteiger partial charge in [0, 0.05) is 24.3 Å². The highest BCUT2D eigenvalue weighted by molar-refractivity contribution is 5.69. The Balaban J connectivity index is 2.52. The van der Waals surface area contributed by atoms with Gasteiger partial charge in [0.2, 0.25) is 0 Å². The Morgan fingerprint density at radius 3 is 2.44 bits per heavy atom. The Bertz CT molecular complexity index is 567. The minimum atomic E-state index is -0.363. The zero-order chi connectivity index (χ0) is 19.1. The first kappa shape index (κ1) is 21.5. The second-order valence-corrected chi connectivity index (χ2v) is 7.81. The van der Waals surface area contributed by atoms with Crippen LogP contribution in [0.5, 0.6) is 0 Å². The first-order valence-corrected chi connectivity index (χ1v) is 8.77. The maximum atomic E-state index is 11.3. The number of benzene rings is 1. The fraction of sp³-hybridized carbons (Fsp3) is 0.650. The second-order valence-electron chi connectivity index (χ2n) is 7.81. The van der Waals surface area contributed by atoms with E-state index in [4.69, 9.17) is 4.74 Å². The van der Waals surface area contributed by atoms with Gasteiger partial charge in [-0.15, -0.1) is 0 Å². The lowest BCUT2D eigenvalue weighted by Crippen LogP contribution is -2.35. The number of aliphatic hydroxyl groups excluding tert-OH is 1. The lowest BCUT2D eigenvalue weighted by atomic mass is 9.99. The molecule has 0 aliphatic heterocycles. The summed E-state index contributed by atoms with van der Waals surface area (Å²) in [5, 5.41) is 12.9. The van der Waals surface area contributed by atoms with E-state index in [2.05, 4.69) is 30.0 Å². The highest BCUT2D eigenvalue weighted by Gasteiger charge is 2.23. The number of carbonyl (C=O) groups excluding carboxylic acids is 1. The third-order valence-electron chi connectivity index (χ3n) is 4.18. The zero-order valence-corrected chi connectivity index (χ0v) is 16.4. The standard InChI is InChI=1S/C20H33NO4/c1-15-11-16(14-22)13-17(12-15)21-19(2,3)9-10-25-20(4,5)8-7-18(23)24-6/h11-13,21-22H,7-10,14H2,1-6H3. The summed E-state index contributed by atoms with van der Waals surface area (Å²) in [6.45, 7) is 10.9. The summed E-state index contributed by atoms with van der Waals surface area (Å²) < 4.78 is 10.7. The third kappa shape index (κ3) is 8.36. The highest BCUT2D eigenvalue weighted by Crippen LogP contribution is 2.23. The molecule has 1 aromatic carbocycles. The van der Waals surface area contributed by atoms with Crippen molar-refractivity contribution in [1.29, 1.82) is 0 Å². The monoisotopic (exact) mass is 351 g/mol. The maximum Gasteiger partial charge on any atom is 0.305 e. The van der Waals surface area contributed by atoms with E-state index in [-0.39, 0.29) is 23.7 Å². The number of hydrogen-bond donors (Lipinski definition) is 2. The maximum absolute atomic E-state index is 11.3. The number of ether oxygens (including phenoxy) is 2. The molecule has 0 bridgehead atoms. The topological polar surface area (TPSA) is 67.8 Å². The molecule has 5 nitrogen and oxygen atoms in total. The van der Waals surface area contributed by atoms with Crippen molar-refractivity contribution in [1.82, 2.24) is 0 Å². The number of hydrogen-bond acceptors (Lipinski definition) is 5. The molecule has 2 N–H and O–H groups in total. The van der Waals surface area contributed by atoms with E-state index in [1.165, 1.54) is 7.11 Å². The van der Waals surface area contributed by atoms with Crippen molar-refractivity contribution >= 4 is 11.7 Å². The first-order chi connectivity index (χ1) is 11.6. The van der Waals surface area contributed by atoms with Gasteiger partial charge in [-0.1, -0.05) is 6.07 Å². The smallest absolute Gasteiger partial charge is 0.305 e. The molecule has 142 valence electrons. The molecule has 0 amide bonds. The predicted octanol–water partition coefficient (Wildman–Crippen LogP) is 3.82. The van der Waals surface area contributed by atoms with Crippen LogP contribution in [0, 0.1) is 6.92 Å². The molecular weight excluding hydrogens is 318 g/mol. The molecule has 0 spiro atoms. The zero-order valence-electron chi connectivity index (χ0n) is 16.4. The number of anilines is 1. The fourth-order valence-corrected chi connectivity index (χ4v) is 2.64. The van der Waals surface area contributed by atoms with Gasteiger partial charge in [-0.25, -0.2) is 0 Å². The molecule has 1 rings (SSSR count). The van der Waals surface area contributed by atoms with E-state index in [9.17, 15) is 9.90 Å². The summed E-state index contributed by atoms with van der Waals surface area (Å²) in [5.74, 6) is -0.210. The van der Waals surface area contributed by atoms with Gasteiger partial charge in [-0.05, 0) is 70.7 Å². The number of carbonyl (C=O) groups is 1. The molecule has 0 fully saturated rings. The summed E-state index contributed by atoms with van der Waals surface area (Å²) in [7, 11) is 1.40. The lowest BCUT2D eigenvalue weighted by molar-refractivity contribution is -0.142. The van der Waals surface area contributed by atoms with Crippen LogP contribution in [0.1, 0.15) is 58.1 Å².